The summed E-state index contributed by atoms with van der Waals surface area (Å²) >= 11 is 0. The number of hydrogen-bond donors (Lipinski definition) is 1. The fourth-order valence-corrected chi connectivity index (χ4v) is 4.72. The van der Waals surface area contributed by atoms with Gasteiger partial charge in [0.05, 0.1) is 19.3 Å². The summed E-state index contributed by atoms with van der Waals surface area (Å²) in [6.07, 6.45) is 1.15. The lowest BCUT2D eigenvalue weighted by Gasteiger charge is -2.36. The Balaban J connectivity index is 1.76. The molecule has 172 valence electrons. The third kappa shape index (κ3) is 4.72. The highest BCUT2D eigenvalue weighted by molar-refractivity contribution is 6.04. The van der Waals surface area contributed by atoms with E-state index in [0.29, 0.717) is 24.2 Å². The molecule has 1 heterocycles. The fraction of sp³-hybridized carbons (Fsp3) is 0.357. The van der Waals surface area contributed by atoms with Crippen molar-refractivity contribution in [1.82, 2.24) is 5.32 Å². The maximum absolute atomic E-state index is 13.6. The van der Waals surface area contributed by atoms with E-state index in [1.165, 1.54) is 0 Å². The van der Waals surface area contributed by atoms with Crippen molar-refractivity contribution < 1.29 is 19.1 Å². The molecule has 2 atom stereocenters. The van der Waals surface area contributed by atoms with E-state index in [1.54, 1.807) is 7.11 Å². The van der Waals surface area contributed by atoms with Crippen molar-refractivity contribution in [3.05, 3.63) is 88.3 Å². The largest absolute Gasteiger partial charge is 0.497 e. The van der Waals surface area contributed by atoms with Crippen molar-refractivity contribution in [2.24, 2.45) is 5.92 Å². The second-order valence-electron chi connectivity index (χ2n) is 9.19. The Morgan fingerprint density at radius 2 is 1.73 bits per heavy atom. The van der Waals surface area contributed by atoms with Gasteiger partial charge in [-0.2, -0.15) is 0 Å². The Bertz CT molecular complexity index is 1100. The minimum atomic E-state index is -0.462. The molecule has 5 nitrogen and oxygen atoms in total. The number of carbonyl (C=O) groups is 2. The third-order valence-corrected chi connectivity index (χ3v) is 6.32. The van der Waals surface area contributed by atoms with Crippen LogP contribution < -0.4 is 10.1 Å². The summed E-state index contributed by atoms with van der Waals surface area (Å²) in [6, 6.07) is 17.7. The van der Waals surface area contributed by atoms with Crippen LogP contribution in [0.25, 0.3) is 0 Å². The number of ketones is 1. The molecule has 33 heavy (non-hydrogen) atoms. The highest BCUT2D eigenvalue weighted by Gasteiger charge is 2.41. The van der Waals surface area contributed by atoms with E-state index in [1.807, 2.05) is 63.2 Å². The van der Waals surface area contributed by atoms with Gasteiger partial charge in [-0.25, -0.2) is 4.79 Å². The van der Waals surface area contributed by atoms with Crippen LogP contribution in [0.15, 0.2) is 77.1 Å². The zero-order valence-electron chi connectivity index (χ0n) is 19.7. The van der Waals surface area contributed by atoms with Crippen molar-refractivity contribution in [2.75, 3.05) is 13.7 Å². The van der Waals surface area contributed by atoms with Crippen molar-refractivity contribution in [3.8, 4) is 5.75 Å². The van der Waals surface area contributed by atoms with Gasteiger partial charge in [0.2, 0.25) is 0 Å². The number of benzene rings is 2. The number of carbonyl (C=O) groups excluding carboxylic acids is 2. The number of dihydropyridines is 1. The lowest BCUT2D eigenvalue weighted by Crippen LogP contribution is -2.36. The SMILES string of the molecule is COc1ccc(C2C(C(=O)OCC(C)C)=C(C)NC3=C2C(=O)CC(c2ccccc2)C3)cc1. The van der Waals surface area contributed by atoms with Gasteiger partial charge >= 0.3 is 5.97 Å². The quantitative estimate of drug-likeness (QED) is 0.615. The number of Topliss-reactive ketones (excluding diaryl/α,β-unsaturated/α-hetero) is 1. The number of nitrogens with one attached hydrogen (secondary N) is 1. The van der Waals surface area contributed by atoms with Crippen LogP contribution in [0.3, 0.4) is 0 Å². The second kappa shape index (κ2) is 9.65. The predicted molar refractivity (Wildman–Crippen MR) is 128 cm³/mol. The number of methoxy groups -OCH3 is 1. The Kier molecular flexibility index (Phi) is 6.68. The summed E-state index contributed by atoms with van der Waals surface area (Å²) in [4.78, 5) is 26.8. The van der Waals surface area contributed by atoms with E-state index >= 15 is 0 Å². The average molecular weight is 446 g/mol. The summed E-state index contributed by atoms with van der Waals surface area (Å²) in [6.45, 7) is 6.23. The third-order valence-electron chi connectivity index (χ3n) is 6.32. The van der Waals surface area contributed by atoms with Crippen LogP contribution in [-0.2, 0) is 14.3 Å². The first-order valence-corrected chi connectivity index (χ1v) is 11.5. The Hall–Kier alpha value is -3.34. The van der Waals surface area contributed by atoms with Crippen LogP contribution in [0.2, 0.25) is 0 Å². The lowest BCUT2D eigenvalue weighted by molar-refractivity contribution is -0.140. The lowest BCUT2D eigenvalue weighted by atomic mass is 9.72. The molecule has 2 aromatic carbocycles. The molecular formula is C28H31NO4. The maximum Gasteiger partial charge on any atom is 0.336 e. The van der Waals surface area contributed by atoms with Gasteiger partial charge in [-0.05, 0) is 48.4 Å². The molecule has 2 aromatic rings. The van der Waals surface area contributed by atoms with Crippen LogP contribution in [0.1, 0.15) is 56.6 Å². The molecule has 1 aliphatic heterocycles. The van der Waals surface area contributed by atoms with E-state index in [0.717, 1.165) is 34.7 Å². The van der Waals surface area contributed by atoms with Crippen molar-refractivity contribution >= 4 is 11.8 Å². The number of esters is 1. The predicted octanol–water partition coefficient (Wildman–Crippen LogP) is 5.26. The summed E-state index contributed by atoms with van der Waals surface area (Å²) < 4.78 is 10.9. The van der Waals surface area contributed by atoms with Crippen molar-refractivity contribution in [2.45, 2.75) is 45.4 Å². The highest BCUT2D eigenvalue weighted by Crippen LogP contribution is 2.45. The molecule has 1 aliphatic carbocycles. The van der Waals surface area contributed by atoms with E-state index in [4.69, 9.17) is 9.47 Å². The van der Waals surface area contributed by atoms with Gasteiger partial charge < -0.3 is 14.8 Å². The molecule has 2 aliphatic rings. The minimum Gasteiger partial charge on any atom is -0.497 e. The summed E-state index contributed by atoms with van der Waals surface area (Å²) in [5.41, 5.74) is 4.86. The van der Waals surface area contributed by atoms with E-state index in [2.05, 4.69) is 17.4 Å². The number of hydrogen-bond acceptors (Lipinski definition) is 5. The molecule has 0 saturated heterocycles. The minimum absolute atomic E-state index is 0.0695. The molecule has 0 radical (unpaired) electrons. The van der Waals surface area contributed by atoms with Gasteiger partial charge in [0.1, 0.15) is 5.75 Å². The van der Waals surface area contributed by atoms with Crippen LogP contribution in [0, 0.1) is 5.92 Å². The van der Waals surface area contributed by atoms with Gasteiger partial charge in [0, 0.05) is 29.3 Å². The average Bonchev–Trinajstić information content (AvgIpc) is 2.82. The first kappa shape index (κ1) is 22.8. The van der Waals surface area contributed by atoms with E-state index in [9.17, 15) is 9.59 Å². The number of ether oxygens (including phenoxy) is 2. The zero-order valence-corrected chi connectivity index (χ0v) is 19.7. The van der Waals surface area contributed by atoms with E-state index in [-0.39, 0.29) is 23.6 Å². The summed E-state index contributed by atoms with van der Waals surface area (Å²) in [7, 11) is 1.62. The van der Waals surface area contributed by atoms with Gasteiger partial charge in [0.25, 0.3) is 0 Å². The molecule has 0 aromatic heterocycles. The standard InChI is InChI=1S/C28H31NO4/c1-17(2)16-33-28(31)25-18(3)29-23-14-21(19-8-6-5-7-9-19)15-24(30)27(23)26(25)20-10-12-22(32-4)13-11-20/h5-13,17,21,26,29H,14-16H2,1-4H3. The molecular weight excluding hydrogens is 414 g/mol. The maximum atomic E-state index is 13.6. The van der Waals surface area contributed by atoms with E-state index < -0.39 is 5.92 Å². The highest BCUT2D eigenvalue weighted by atomic mass is 16.5. The molecule has 1 N–H and O–H groups in total. The Morgan fingerprint density at radius 1 is 1.03 bits per heavy atom. The molecule has 4 rings (SSSR count). The molecule has 2 unspecified atom stereocenters. The smallest absolute Gasteiger partial charge is 0.336 e. The normalized spacial score (nSPS) is 20.5. The van der Waals surface area contributed by atoms with Crippen molar-refractivity contribution in [1.29, 1.82) is 0 Å². The zero-order chi connectivity index (χ0) is 23.5. The monoisotopic (exact) mass is 445 g/mol. The van der Waals surface area contributed by atoms with Gasteiger partial charge in [0.15, 0.2) is 5.78 Å². The molecule has 5 heteroatoms. The first-order valence-electron chi connectivity index (χ1n) is 11.5. The van der Waals surface area contributed by atoms with Gasteiger partial charge in [-0.15, -0.1) is 0 Å². The molecule has 0 amide bonds. The molecule has 0 bridgehead atoms. The molecule has 0 saturated carbocycles. The fourth-order valence-electron chi connectivity index (χ4n) is 4.72. The number of rotatable bonds is 6. The first-order chi connectivity index (χ1) is 15.9. The van der Waals surface area contributed by atoms with Crippen molar-refractivity contribution in [3.63, 3.8) is 0 Å². The molecule has 0 fully saturated rings. The van der Waals surface area contributed by atoms with Gasteiger partial charge in [-0.3, -0.25) is 4.79 Å². The summed E-state index contributed by atoms with van der Waals surface area (Å²) in [5.74, 6) is 0.299. The second-order valence-corrected chi connectivity index (χ2v) is 9.19. The Labute approximate surface area is 195 Å². The van der Waals surface area contributed by atoms with Crippen LogP contribution in [-0.4, -0.2) is 25.5 Å². The van der Waals surface area contributed by atoms with Crippen LogP contribution in [0.4, 0.5) is 0 Å². The number of allylic oxidation sites excluding steroid dienone is 3. The Morgan fingerprint density at radius 3 is 2.36 bits per heavy atom. The van der Waals surface area contributed by atoms with Gasteiger partial charge in [-0.1, -0.05) is 56.3 Å². The summed E-state index contributed by atoms with van der Waals surface area (Å²) in [5, 5.41) is 3.40. The van der Waals surface area contributed by atoms with Crippen LogP contribution >= 0.6 is 0 Å². The topological polar surface area (TPSA) is 64.6 Å². The van der Waals surface area contributed by atoms with Crippen LogP contribution in [0.5, 0.6) is 5.75 Å². The molecule has 0 spiro atoms.